The number of hydrogen-bond donors (Lipinski definition) is 0. The van der Waals surface area contributed by atoms with Gasteiger partial charge in [0.15, 0.2) is 9.84 Å². The lowest BCUT2D eigenvalue weighted by atomic mass is 10.1. The van der Waals surface area contributed by atoms with Crippen molar-refractivity contribution in [3.8, 4) is 0 Å². The molecule has 0 aliphatic carbocycles. The average molecular weight is 341 g/mol. The second kappa shape index (κ2) is 6.63. The van der Waals surface area contributed by atoms with Crippen LogP contribution in [0, 0.1) is 19.8 Å². The molecule has 1 amide bonds. The van der Waals surface area contributed by atoms with Gasteiger partial charge in [0.2, 0.25) is 5.91 Å². The van der Waals surface area contributed by atoms with Crippen molar-refractivity contribution in [1.29, 1.82) is 0 Å². The van der Waals surface area contributed by atoms with Gasteiger partial charge in [-0.15, -0.1) is 0 Å². The van der Waals surface area contributed by atoms with E-state index in [-0.39, 0.29) is 23.5 Å². The molecule has 1 saturated heterocycles. The molecule has 0 saturated carbocycles. The van der Waals surface area contributed by atoms with Crippen molar-refractivity contribution in [2.24, 2.45) is 5.92 Å². The minimum absolute atomic E-state index is 0.0795. The van der Waals surface area contributed by atoms with Crippen molar-refractivity contribution in [3.63, 3.8) is 0 Å². The number of aromatic nitrogens is 2. The van der Waals surface area contributed by atoms with E-state index in [0.29, 0.717) is 25.3 Å². The van der Waals surface area contributed by atoms with Crippen molar-refractivity contribution in [3.05, 3.63) is 17.0 Å². The van der Waals surface area contributed by atoms with Gasteiger partial charge in [0.05, 0.1) is 23.2 Å². The molecule has 6 nitrogen and oxygen atoms in total. The Hall–Kier alpha value is -1.37. The monoisotopic (exact) mass is 341 g/mol. The Bertz CT molecular complexity index is 692. The summed E-state index contributed by atoms with van der Waals surface area (Å²) in [7, 11) is -1.13. The van der Waals surface area contributed by atoms with E-state index in [4.69, 9.17) is 0 Å². The first-order valence-corrected chi connectivity index (χ1v) is 9.92. The standard InChI is InChI=1S/C16H27N3O3S/c1-11(2)8-16(20)18(5)9-15-12(3)17-19(13(15)4)14-6-7-23(21,22)10-14/h11,14H,6-10H2,1-5H3/t14-/m0/s1. The van der Waals surface area contributed by atoms with E-state index >= 15 is 0 Å². The van der Waals surface area contributed by atoms with E-state index in [1.165, 1.54) is 0 Å². The summed E-state index contributed by atoms with van der Waals surface area (Å²) in [5, 5.41) is 4.55. The smallest absolute Gasteiger partial charge is 0.222 e. The van der Waals surface area contributed by atoms with Crippen molar-refractivity contribution in [2.75, 3.05) is 18.6 Å². The van der Waals surface area contributed by atoms with Crippen LogP contribution >= 0.6 is 0 Å². The van der Waals surface area contributed by atoms with Gasteiger partial charge >= 0.3 is 0 Å². The highest BCUT2D eigenvalue weighted by atomic mass is 32.2. The molecule has 0 N–H and O–H groups in total. The summed E-state index contributed by atoms with van der Waals surface area (Å²) in [5.41, 5.74) is 2.86. The minimum atomic E-state index is -2.94. The predicted molar refractivity (Wildman–Crippen MR) is 89.9 cm³/mol. The summed E-state index contributed by atoms with van der Waals surface area (Å²) in [6.45, 7) is 8.45. The summed E-state index contributed by atoms with van der Waals surface area (Å²) >= 11 is 0. The highest BCUT2D eigenvalue weighted by Crippen LogP contribution is 2.27. The van der Waals surface area contributed by atoms with Gasteiger partial charge in [0.1, 0.15) is 0 Å². The quantitative estimate of drug-likeness (QED) is 0.819. The van der Waals surface area contributed by atoms with Gasteiger partial charge < -0.3 is 4.90 Å². The van der Waals surface area contributed by atoms with Crippen LogP contribution in [-0.2, 0) is 21.2 Å². The van der Waals surface area contributed by atoms with E-state index in [1.807, 2.05) is 32.4 Å². The first-order chi connectivity index (χ1) is 10.6. The van der Waals surface area contributed by atoms with E-state index in [9.17, 15) is 13.2 Å². The Balaban J connectivity index is 2.17. The third-order valence-electron chi connectivity index (χ3n) is 4.43. The van der Waals surface area contributed by atoms with Crippen LogP contribution in [0.4, 0.5) is 0 Å². The number of hydrogen-bond acceptors (Lipinski definition) is 4. The highest BCUT2D eigenvalue weighted by molar-refractivity contribution is 7.91. The van der Waals surface area contributed by atoms with Gasteiger partial charge in [-0.1, -0.05) is 13.8 Å². The number of aryl methyl sites for hydroxylation is 1. The van der Waals surface area contributed by atoms with E-state index in [1.54, 1.807) is 11.9 Å². The molecule has 0 unspecified atom stereocenters. The Morgan fingerprint density at radius 3 is 2.57 bits per heavy atom. The lowest BCUT2D eigenvalue weighted by molar-refractivity contribution is -0.131. The second-order valence-corrected chi connectivity index (χ2v) is 9.23. The third kappa shape index (κ3) is 4.13. The van der Waals surface area contributed by atoms with Crippen molar-refractivity contribution < 1.29 is 13.2 Å². The van der Waals surface area contributed by atoms with Crippen LogP contribution in [0.25, 0.3) is 0 Å². The zero-order chi connectivity index (χ0) is 17.4. The summed E-state index contributed by atoms with van der Waals surface area (Å²) in [5.74, 6) is 0.850. The minimum Gasteiger partial charge on any atom is -0.341 e. The molecule has 23 heavy (non-hydrogen) atoms. The Morgan fingerprint density at radius 2 is 2.04 bits per heavy atom. The summed E-state index contributed by atoms with van der Waals surface area (Å²) in [6.07, 6.45) is 1.15. The second-order valence-electron chi connectivity index (χ2n) is 7.00. The molecule has 2 heterocycles. The average Bonchev–Trinajstić information content (AvgIpc) is 2.91. The zero-order valence-electron chi connectivity index (χ0n) is 14.7. The molecule has 1 aromatic heterocycles. The highest BCUT2D eigenvalue weighted by Gasteiger charge is 2.31. The van der Waals surface area contributed by atoms with Gasteiger partial charge in [-0.05, 0) is 26.2 Å². The van der Waals surface area contributed by atoms with E-state index in [2.05, 4.69) is 5.10 Å². The lowest BCUT2D eigenvalue weighted by Gasteiger charge is -2.19. The van der Waals surface area contributed by atoms with E-state index < -0.39 is 9.84 Å². The first-order valence-electron chi connectivity index (χ1n) is 8.09. The molecular weight excluding hydrogens is 314 g/mol. The molecule has 1 aliphatic heterocycles. The maximum atomic E-state index is 12.1. The van der Waals surface area contributed by atoms with E-state index in [0.717, 1.165) is 17.0 Å². The van der Waals surface area contributed by atoms with Gasteiger partial charge in [-0.2, -0.15) is 5.10 Å². The van der Waals surface area contributed by atoms with Crippen molar-refractivity contribution in [2.45, 2.75) is 53.1 Å². The number of carbonyl (C=O) groups excluding carboxylic acids is 1. The molecular formula is C16H27N3O3S. The normalized spacial score (nSPS) is 20.2. The molecule has 1 atom stereocenters. The topological polar surface area (TPSA) is 72.3 Å². The van der Waals surface area contributed by atoms with Crippen LogP contribution in [0.5, 0.6) is 0 Å². The van der Waals surface area contributed by atoms with Gasteiger partial charge in [-0.25, -0.2) is 8.42 Å². The Morgan fingerprint density at radius 1 is 1.39 bits per heavy atom. The van der Waals surface area contributed by atoms with Gasteiger partial charge in [0.25, 0.3) is 0 Å². The number of nitrogens with zero attached hydrogens (tertiary/aromatic N) is 3. The molecule has 0 aromatic carbocycles. The van der Waals surface area contributed by atoms with Crippen LogP contribution in [0.15, 0.2) is 0 Å². The molecule has 0 spiro atoms. The number of amides is 1. The molecule has 2 rings (SSSR count). The van der Waals surface area contributed by atoms with Crippen LogP contribution in [0.2, 0.25) is 0 Å². The fourth-order valence-corrected chi connectivity index (χ4v) is 4.77. The summed E-state index contributed by atoms with van der Waals surface area (Å²) in [4.78, 5) is 13.9. The molecule has 1 fully saturated rings. The van der Waals surface area contributed by atoms with Crippen LogP contribution in [-0.4, -0.2) is 47.6 Å². The lowest BCUT2D eigenvalue weighted by Crippen LogP contribution is -2.27. The molecule has 1 aliphatic rings. The summed E-state index contributed by atoms with van der Waals surface area (Å²) in [6, 6.07) is -0.0795. The first kappa shape index (κ1) is 18.0. The number of carbonyl (C=O) groups is 1. The van der Waals surface area contributed by atoms with Crippen molar-refractivity contribution >= 4 is 15.7 Å². The fourth-order valence-electron chi connectivity index (χ4n) is 3.08. The number of sulfone groups is 1. The summed E-state index contributed by atoms with van der Waals surface area (Å²) < 4.78 is 25.2. The molecule has 1 aromatic rings. The maximum Gasteiger partial charge on any atom is 0.222 e. The van der Waals surface area contributed by atoms with Crippen LogP contribution in [0.3, 0.4) is 0 Å². The number of rotatable bonds is 5. The largest absolute Gasteiger partial charge is 0.341 e. The molecule has 0 radical (unpaired) electrons. The fraction of sp³-hybridized carbons (Fsp3) is 0.750. The zero-order valence-corrected chi connectivity index (χ0v) is 15.5. The van der Waals surface area contributed by atoms with Crippen LogP contribution < -0.4 is 0 Å². The maximum absolute atomic E-state index is 12.1. The van der Waals surface area contributed by atoms with Crippen LogP contribution in [0.1, 0.15) is 49.7 Å². The Labute approximate surface area is 138 Å². The molecule has 130 valence electrons. The SMILES string of the molecule is Cc1nn([C@H]2CCS(=O)(=O)C2)c(C)c1CN(C)C(=O)CC(C)C. The predicted octanol–water partition coefficient (Wildman–Crippen LogP) is 1.86. The molecule has 7 heteroatoms. The van der Waals surface area contributed by atoms with Crippen molar-refractivity contribution in [1.82, 2.24) is 14.7 Å². The van der Waals surface area contributed by atoms with Gasteiger partial charge in [-0.3, -0.25) is 9.48 Å². The Kier molecular flexibility index (Phi) is 5.18. The molecule has 0 bridgehead atoms. The third-order valence-corrected chi connectivity index (χ3v) is 6.18. The van der Waals surface area contributed by atoms with Gasteiger partial charge in [0, 0.05) is 31.3 Å².